The van der Waals surface area contributed by atoms with Crippen LogP contribution < -0.4 is 18.3 Å². The van der Waals surface area contributed by atoms with Gasteiger partial charge in [0.1, 0.15) is 73.3 Å². The van der Waals surface area contributed by atoms with Crippen molar-refractivity contribution in [1.29, 1.82) is 5.26 Å². The Morgan fingerprint density at radius 3 is 1.19 bits per heavy atom. The van der Waals surface area contributed by atoms with Crippen LogP contribution in [0.4, 0.5) is 17.1 Å². The highest BCUT2D eigenvalue weighted by Crippen LogP contribution is 2.50. The third-order valence-corrected chi connectivity index (χ3v) is 31.2. The molecule has 4 saturated carbocycles. The van der Waals surface area contributed by atoms with Gasteiger partial charge in [0.15, 0.2) is 41.7 Å². The Morgan fingerprint density at radius 2 is 0.711 bits per heavy atom. The number of hydrogen-bond donors (Lipinski definition) is 0. The van der Waals surface area contributed by atoms with Gasteiger partial charge in [-0.25, -0.2) is 32.8 Å². The zero-order valence-electron chi connectivity index (χ0n) is 79.7. The molecule has 12 heteroatoms. The molecule has 0 N–H and O–H groups in total. The lowest BCUT2D eigenvalue weighted by Gasteiger charge is -2.14. The second kappa shape index (κ2) is 35.8. The smallest absolute Gasteiger partial charge is 0.229 e. The lowest BCUT2D eigenvalue weighted by Crippen LogP contribution is -2.31. The Hall–Kier alpha value is -14.6. The van der Waals surface area contributed by atoms with Crippen molar-refractivity contribution in [1.82, 2.24) is 0 Å². The van der Waals surface area contributed by atoms with Gasteiger partial charge in [-0.05, 0) is 266 Å². The van der Waals surface area contributed by atoms with Crippen molar-refractivity contribution in [3.63, 3.8) is 0 Å². The number of aryl methyl sites for hydroxylation is 7. The fourth-order valence-electron chi connectivity index (χ4n) is 23.5. The fourth-order valence-corrected chi connectivity index (χ4v) is 23.5. The van der Waals surface area contributed by atoms with Gasteiger partial charge in [0, 0.05) is 67.4 Å². The summed E-state index contributed by atoms with van der Waals surface area (Å²) in [6.45, 7) is 39.7. The van der Waals surface area contributed by atoms with Crippen molar-refractivity contribution in [2.45, 2.75) is 183 Å². The van der Waals surface area contributed by atoms with E-state index in [4.69, 9.17) is 37.4 Å². The van der Waals surface area contributed by atoms with Crippen LogP contribution in [0, 0.1) is 104 Å². The van der Waals surface area contributed by atoms with Crippen LogP contribution in [0.15, 0.2) is 237 Å². The van der Waals surface area contributed by atoms with Crippen LogP contribution in [0.3, 0.4) is 0 Å². The highest BCUT2D eigenvalue weighted by molar-refractivity contribution is 6.18. The molecule has 135 heavy (non-hydrogen) atoms. The lowest BCUT2D eigenvalue weighted by molar-refractivity contribution is -0.659. The zero-order valence-corrected chi connectivity index (χ0v) is 79.7. The molecular formula is C123H114N8O4+4. The quantitative estimate of drug-likeness (QED) is 0.0948. The predicted octanol–water partition coefficient (Wildman–Crippen LogP) is 31.8. The highest BCUT2D eigenvalue weighted by Gasteiger charge is 2.34. The summed E-state index contributed by atoms with van der Waals surface area (Å²) in [7, 11) is 8.45. The summed E-state index contributed by atoms with van der Waals surface area (Å²) in [6.07, 6.45) is 34.0. The van der Waals surface area contributed by atoms with E-state index in [0.717, 1.165) is 139 Å². The normalized spacial score (nSPS) is 14.4. The third-order valence-electron chi connectivity index (χ3n) is 31.2. The Bertz CT molecular complexity index is 8330. The van der Waals surface area contributed by atoms with Crippen LogP contribution in [0.5, 0.6) is 0 Å². The SMILES string of the molecule is Cc1c(C)c(C#N)c2c(oc3ccccc32)c1-c1c2ccc(C3CCCC3)cc2cc[n+]1C.[C-]#[N+]c1ccc2c(c1)oc1c(-c3c4ccc(CC5CCCC5)cc4cc[n+]3C)c(C)c(C)cc12.[C-]#[N+]c1ccc2oc3c(-c4c5ccc(CC6CCCC6)cc5cc[n+]4C)c(C)c(C)cc3c2c1.[C-]#[N+]c1cccc2c1oc1c(-c3c4ccc(CC5CCCC5)cc4cc[n+]3C)c(C)c(C)cc12. The van der Waals surface area contributed by atoms with E-state index in [1.54, 1.807) is 0 Å². The Morgan fingerprint density at radius 1 is 0.319 bits per heavy atom. The van der Waals surface area contributed by atoms with Gasteiger partial charge in [-0.15, -0.1) is 0 Å². The summed E-state index contributed by atoms with van der Waals surface area (Å²) in [5, 5.41) is 28.4. The van der Waals surface area contributed by atoms with Gasteiger partial charge < -0.3 is 17.7 Å². The molecule has 0 amide bonds. The van der Waals surface area contributed by atoms with Crippen molar-refractivity contribution in [2.24, 2.45) is 45.9 Å². The monoisotopic (exact) mass is 1770 g/mol. The molecule has 24 rings (SSSR count). The topological polar surface area (TPSA) is 105 Å². The van der Waals surface area contributed by atoms with Crippen molar-refractivity contribution >= 4 is 148 Å². The molecule has 8 heterocycles. The van der Waals surface area contributed by atoms with Gasteiger partial charge in [0.05, 0.1) is 69.1 Å². The molecule has 4 aliphatic carbocycles. The number of nitrogens with zero attached hydrogens (tertiary/aromatic N) is 8. The number of nitriles is 1. The minimum Gasteiger partial charge on any atom is -0.466 e. The molecule has 0 spiro atoms. The van der Waals surface area contributed by atoms with E-state index in [-0.39, 0.29) is 0 Å². The van der Waals surface area contributed by atoms with Crippen LogP contribution in [0.2, 0.25) is 0 Å². The van der Waals surface area contributed by atoms with E-state index >= 15 is 0 Å². The van der Waals surface area contributed by atoms with Gasteiger partial charge in [0.25, 0.3) is 0 Å². The molecule has 0 aliphatic heterocycles. The zero-order chi connectivity index (χ0) is 92.9. The molecule has 0 bridgehead atoms. The van der Waals surface area contributed by atoms with E-state index in [1.165, 1.54) is 238 Å². The molecule has 0 atom stereocenters. The molecule has 12 nitrogen and oxygen atoms in total. The van der Waals surface area contributed by atoms with Crippen LogP contribution in [-0.4, -0.2) is 0 Å². The summed E-state index contributed by atoms with van der Waals surface area (Å²) in [5.74, 6) is 3.20. The second-order valence-electron chi connectivity index (χ2n) is 39.5. The van der Waals surface area contributed by atoms with Gasteiger partial charge in [-0.2, -0.15) is 5.26 Å². The van der Waals surface area contributed by atoms with Crippen LogP contribution in [-0.2, 0) is 47.5 Å². The molecule has 4 aliphatic rings. The first-order valence-corrected chi connectivity index (χ1v) is 48.7. The number of pyridine rings is 4. The molecule has 0 radical (unpaired) electrons. The second-order valence-corrected chi connectivity index (χ2v) is 39.5. The Labute approximate surface area is 789 Å². The maximum atomic E-state index is 10.0. The minimum absolute atomic E-state index is 0.564. The summed E-state index contributed by atoms with van der Waals surface area (Å²) in [6, 6.07) is 71.4. The van der Waals surface area contributed by atoms with Gasteiger partial charge in [-0.3, -0.25) is 0 Å². The molecule has 0 unspecified atom stereocenters. The van der Waals surface area contributed by atoms with Crippen LogP contribution in [0.1, 0.15) is 181 Å². The Kier molecular flexibility index (Phi) is 23.1. The largest absolute Gasteiger partial charge is 0.466 e. The number of furan rings is 4. The number of aromatic nitrogens is 4. The average Bonchev–Trinajstić information content (AvgIpc) is 1.25. The van der Waals surface area contributed by atoms with E-state index in [0.29, 0.717) is 34.1 Å². The molecule has 666 valence electrons. The first-order valence-electron chi connectivity index (χ1n) is 48.7. The maximum Gasteiger partial charge on any atom is 0.229 e. The first-order chi connectivity index (χ1) is 65.7. The predicted molar refractivity (Wildman–Crippen MR) is 551 cm³/mol. The third kappa shape index (κ3) is 15.6. The molecular weight excluding hydrogens is 1650 g/mol. The molecule has 12 aromatic carbocycles. The number of para-hydroxylation sites is 2. The van der Waals surface area contributed by atoms with Crippen molar-refractivity contribution < 1.29 is 35.9 Å². The standard InChI is InChI=1S/3C31H29N2O.C30H27N2O/c1-19-16-26-25-10-7-11-27(32-3)30(25)34-31(26)28(20(19)2)29-24-13-12-22(17-21-8-5-6-9-21)18-23(24)14-15-33(29)4;1-19-15-27-26-18-24(32-3)10-12-28(26)34-31(27)29(20(19)2)30-25-11-9-22(16-21-7-5-6-8-21)17-23(25)13-14-33(30)4;1-19-15-27-26-12-10-24(32-3)18-28(26)34-31(27)29(20(19)2)30-25-11-9-22(16-21-7-5-6-8-21)17-23(25)13-14-33(30)4;1-18-19(2)27(30-28(25(18)17-31)24-10-6-7-11-26(24)33-30)29-23-13-12-21(20-8-4-5-9-20)16-22(23)14-15-32(29)3/h7,10-16,18,21H,5-6,8-9,17H2,1-2,4H3;2*9-15,17-18,21H,5-8,16H2,1-2,4H3;6-7,10-16,20H,4-5,8-9H2,1-3H3/q4*+1. The molecule has 20 aromatic rings. The first kappa shape index (κ1) is 87.1. The van der Waals surface area contributed by atoms with Gasteiger partial charge in [0.2, 0.25) is 28.5 Å². The lowest BCUT2D eigenvalue weighted by atomic mass is 9.89. The molecule has 8 aromatic heterocycles. The van der Waals surface area contributed by atoms with Crippen LogP contribution >= 0.6 is 0 Å². The van der Waals surface area contributed by atoms with Crippen molar-refractivity contribution in [3.8, 4) is 51.1 Å². The minimum atomic E-state index is 0.564. The van der Waals surface area contributed by atoms with Crippen LogP contribution in [0.25, 0.3) is 190 Å². The maximum absolute atomic E-state index is 10.0. The summed E-state index contributed by atoms with van der Waals surface area (Å²) in [4.78, 5) is 10.9. The van der Waals surface area contributed by atoms with E-state index in [2.05, 4.69) is 275 Å². The van der Waals surface area contributed by atoms with E-state index in [9.17, 15) is 5.26 Å². The highest BCUT2D eigenvalue weighted by atomic mass is 16.3. The van der Waals surface area contributed by atoms with Crippen molar-refractivity contribution in [2.75, 3.05) is 0 Å². The van der Waals surface area contributed by atoms with Crippen molar-refractivity contribution in [3.05, 3.63) is 325 Å². The number of fused-ring (bicyclic) bond motifs is 16. The Balaban J connectivity index is 0.000000108. The fraction of sp³-hybridized carbons (Fsp3) is 0.285. The average molecular weight is 1770 g/mol. The summed E-state index contributed by atoms with van der Waals surface area (Å²) >= 11 is 0. The summed E-state index contributed by atoms with van der Waals surface area (Å²) in [5.41, 5.74) is 33.6. The van der Waals surface area contributed by atoms with E-state index < -0.39 is 0 Å². The number of rotatable bonds is 11. The van der Waals surface area contributed by atoms with Gasteiger partial charge in [-0.1, -0.05) is 193 Å². The molecule has 0 saturated heterocycles. The van der Waals surface area contributed by atoms with Gasteiger partial charge >= 0.3 is 0 Å². The summed E-state index contributed by atoms with van der Waals surface area (Å²) < 4.78 is 34.7. The molecule has 4 fully saturated rings. The number of hydrogen-bond acceptors (Lipinski definition) is 5. The van der Waals surface area contributed by atoms with E-state index in [1.807, 2.05) is 66.7 Å². The number of benzene rings is 12.